The van der Waals surface area contributed by atoms with Crippen molar-refractivity contribution in [1.29, 1.82) is 0 Å². The molecule has 0 bridgehead atoms. The van der Waals surface area contributed by atoms with E-state index in [1.165, 1.54) is 5.56 Å². The molecule has 0 N–H and O–H groups in total. The minimum Gasteiger partial charge on any atom is -0.274 e. The Morgan fingerprint density at radius 1 is 0.875 bits per heavy atom. The standard InChI is InChI=1S/C14H13OP/c15-16-14(13-9-5-2-6-10-13)11-12-7-3-1-4-8-12/h1-10,14H,11H2. The van der Waals surface area contributed by atoms with Crippen LogP contribution < -0.4 is 0 Å². The predicted octanol–water partition coefficient (Wildman–Crippen LogP) is 4.26. The van der Waals surface area contributed by atoms with Crippen LogP contribution in [0.1, 0.15) is 16.8 Å². The summed E-state index contributed by atoms with van der Waals surface area (Å²) in [7, 11) is 0.185. The third kappa shape index (κ3) is 2.77. The Bertz CT molecular complexity index is 439. The van der Waals surface area contributed by atoms with E-state index in [-0.39, 0.29) is 14.1 Å². The lowest BCUT2D eigenvalue weighted by molar-refractivity contribution is 0.591. The van der Waals surface area contributed by atoms with E-state index in [0.29, 0.717) is 0 Å². The molecule has 1 unspecified atom stereocenters. The van der Waals surface area contributed by atoms with Gasteiger partial charge in [-0.2, -0.15) is 0 Å². The van der Waals surface area contributed by atoms with Gasteiger partial charge in [0.2, 0.25) is 0 Å². The molecule has 0 radical (unpaired) electrons. The maximum Gasteiger partial charge on any atom is 0.163 e. The quantitative estimate of drug-likeness (QED) is 0.714. The van der Waals surface area contributed by atoms with Crippen molar-refractivity contribution in [2.24, 2.45) is 0 Å². The minimum absolute atomic E-state index is 0.0589. The SMILES string of the molecule is O=PC(Cc1ccccc1)c1ccccc1. The number of benzene rings is 2. The Balaban J connectivity index is 2.16. The van der Waals surface area contributed by atoms with Gasteiger partial charge >= 0.3 is 0 Å². The highest BCUT2D eigenvalue weighted by molar-refractivity contribution is 7.24. The van der Waals surface area contributed by atoms with Crippen molar-refractivity contribution < 1.29 is 4.57 Å². The van der Waals surface area contributed by atoms with Crippen LogP contribution in [0.4, 0.5) is 0 Å². The molecule has 1 atom stereocenters. The third-order valence-electron chi connectivity index (χ3n) is 2.58. The zero-order valence-electron chi connectivity index (χ0n) is 8.91. The molecule has 0 spiro atoms. The Hall–Kier alpha value is -1.46. The molecule has 0 aliphatic carbocycles. The molecular formula is C14H13OP. The smallest absolute Gasteiger partial charge is 0.163 e. The maximum absolute atomic E-state index is 11.2. The highest BCUT2D eigenvalue weighted by atomic mass is 31.1. The summed E-state index contributed by atoms with van der Waals surface area (Å²) in [6.45, 7) is 0. The Morgan fingerprint density at radius 2 is 1.44 bits per heavy atom. The largest absolute Gasteiger partial charge is 0.274 e. The molecule has 0 heterocycles. The molecular weight excluding hydrogens is 215 g/mol. The Morgan fingerprint density at radius 3 is 2.00 bits per heavy atom. The molecule has 16 heavy (non-hydrogen) atoms. The lowest BCUT2D eigenvalue weighted by atomic mass is 10.0. The molecule has 0 aliphatic rings. The van der Waals surface area contributed by atoms with Crippen LogP contribution >= 0.6 is 8.46 Å². The zero-order valence-corrected chi connectivity index (χ0v) is 9.81. The lowest BCUT2D eigenvalue weighted by Gasteiger charge is -2.09. The van der Waals surface area contributed by atoms with E-state index in [4.69, 9.17) is 0 Å². The minimum atomic E-state index is 0.0589. The van der Waals surface area contributed by atoms with E-state index in [0.717, 1.165) is 12.0 Å². The highest BCUT2D eigenvalue weighted by Gasteiger charge is 2.11. The van der Waals surface area contributed by atoms with Crippen molar-refractivity contribution in [2.45, 2.75) is 12.1 Å². The van der Waals surface area contributed by atoms with E-state index >= 15 is 0 Å². The second kappa shape index (κ2) is 5.58. The van der Waals surface area contributed by atoms with Gasteiger partial charge in [0.25, 0.3) is 0 Å². The maximum atomic E-state index is 11.2. The highest BCUT2D eigenvalue weighted by Crippen LogP contribution is 2.30. The number of hydrogen-bond donors (Lipinski definition) is 0. The number of hydrogen-bond acceptors (Lipinski definition) is 1. The first-order valence-corrected chi connectivity index (χ1v) is 6.19. The van der Waals surface area contributed by atoms with Crippen LogP contribution in [0.5, 0.6) is 0 Å². The Labute approximate surface area is 97.3 Å². The van der Waals surface area contributed by atoms with Gasteiger partial charge in [-0.15, -0.1) is 0 Å². The fourth-order valence-corrected chi connectivity index (χ4v) is 2.31. The molecule has 0 aliphatic heterocycles. The van der Waals surface area contributed by atoms with Crippen molar-refractivity contribution in [3.8, 4) is 0 Å². The first kappa shape index (κ1) is 11.0. The summed E-state index contributed by atoms with van der Waals surface area (Å²) in [4.78, 5) is 0. The van der Waals surface area contributed by atoms with Crippen LogP contribution in [-0.4, -0.2) is 0 Å². The van der Waals surface area contributed by atoms with Gasteiger partial charge in [0.1, 0.15) is 0 Å². The van der Waals surface area contributed by atoms with Crippen LogP contribution in [-0.2, 0) is 11.0 Å². The van der Waals surface area contributed by atoms with Crippen LogP contribution in [0.15, 0.2) is 60.7 Å². The van der Waals surface area contributed by atoms with E-state index < -0.39 is 0 Å². The molecule has 1 nitrogen and oxygen atoms in total. The van der Waals surface area contributed by atoms with E-state index in [1.54, 1.807) is 0 Å². The molecule has 0 saturated carbocycles. The van der Waals surface area contributed by atoms with E-state index in [2.05, 4.69) is 12.1 Å². The average Bonchev–Trinajstić information content (AvgIpc) is 2.38. The predicted molar refractivity (Wildman–Crippen MR) is 66.9 cm³/mol. The molecule has 80 valence electrons. The molecule has 2 aromatic rings. The molecule has 0 aromatic heterocycles. The van der Waals surface area contributed by atoms with Crippen molar-refractivity contribution in [3.63, 3.8) is 0 Å². The molecule has 0 saturated heterocycles. The molecule has 0 amide bonds. The fourth-order valence-electron chi connectivity index (χ4n) is 1.73. The van der Waals surface area contributed by atoms with Crippen molar-refractivity contribution in [2.75, 3.05) is 0 Å². The van der Waals surface area contributed by atoms with Gasteiger partial charge in [0.05, 0.1) is 5.66 Å². The van der Waals surface area contributed by atoms with Gasteiger partial charge in [0.15, 0.2) is 8.46 Å². The van der Waals surface area contributed by atoms with E-state index in [9.17, 15) is 4.57 Å². The first-order chi connectivity index (χ1) is 7.90. The topological polar surface area (TPSA) is 17.1 Å². The van der Waals surface area contributed by atoms with Gasteiger partial charge in [-0.05, 0) is 17.5 Å². The lowest BCUT2D eigenvalue weighted by Crippen LogP contribution is -1.95. The van der Waals surface area contributed by atoms with Gasteiger partial charge in [0, 0.05) is 0 Å². The Kier molecular flexibility index (Phi) is 3.85. The van der Waals surface area contributed by atoms with Crippen LogP contribution in [0, 0.1) is 0 Å². The molecule has 0 fully saturated rings. The summed E-state index contributed by atoms with van der Waals surface area (Å²) in [5, 5.41) is 0. The van der Waals surface area contributed by atoms with E-state index in [1.807, 2.05) is 48.5 Å². The molecule has 2 heteroatoms. The molecule has 2 aromatic carbocycles. The van der Waals surface area contributed by atoms with Crippen molar-refractivity contribution in [1.82, 2.24) is 0 Å². The van der Waals surface area contributed by atoms with Gasteiger partial charge in [-0.1, -0.05) is 60.7 Å². The van der Waals surface area contributed by atoms with Crippen molar-refractivity contribution in [3.05, 3.63) is 71.8 Å². The van der Waals surface area contributed by atoms with Gasteiger partial charge in [-0.3, -0.25) is 4.57 Å². The monoisotopic (exact) mass is 228 g/mol. The first-order valence-electron chi connectivity index (χ1n) is 5.31. The molecule has 2 rings (SSSR count). The van der Waals surface area contributed by atoms with Crippen LogP contribution in [0.25, 0.3) is 0 Å². The van der Waals surface area contributed by atoms with Crippen LogP contribution in [0.3, 0.4) is 0 Å². The normalized spacial score (nSPS) is 12.5. The van der Waals surface area contributed by atoms with Crippen LogP contribution in [0.2, 0.25) is 0 Å². The summed E-state index contributed by atoms with van der Waals surface area (Å²) in [5.41, 5.74) is 2.41. The van der Waals surface area contributed by atoms with Gasteiger partial charge in [-0.25, -0.2) is 0 Å². The third-order valence-corrected chi connectivity index (χ3v) is 3.32. The van der Waals surface area contributed by atoms with Gasteiger partial charge < -0.3 is 0 Å². The second-order valence-electron chi connectivity index (χ2n) is 3.72. The zero-order chi connectivity index (χ0) is 11.2. The summed E-state index contributed by atoms with van der Waals surface area (Å²) in [5.74, 6) is 0. The summed E-state index contributed by atoms with van der Waals surface area (Å²) >= 11 is 0. The summed E-state index contributed by atoms with van der Waals surface area (Å²) in [6.07, 6.45) is 0.815. The average molecular weight is 228 g/mol. The fraction of sp³-hybridized carbons (Fsp3) is 0.143. The summed E-state index contributed by atoms with van der Waals surface area (Å²) < 4.78 is 11.2. The summed E-state index contributed by atoms with van der Waals surface area (Å²) in [6, 6.07) is 20.2. The van der Waals surface area contributed by atoms with Crippen molar-refractivity contribution >= 4 is 8.46 Å². The number of rotatable bonds is 4. The second-order valence-corrected chi connectivity index (χ2v) is 4.56.